The van der Waals surface area contributed by atoms with E-state index in [1.54, 1.807) is 24.3 Å². The number of carboxylic acid groups (broad SMARTS) is 1. The van der Waals surface area contributed by atoms with Gasteiger partial charge >= 0.3 is 5.97 Å². The molecule has 0 heterocycles. The lowest BCUT2D eigenvalue weighted by Crippen LogP contribution is -2.24. The number of para-hydroxylation sites is 1. The van der Waals surface area contributed by atoms with Crippen LogP contribution in [0.1, 0.15) is 75.1 Å². The second-order valence-electron chi connectivity index (χ2n) is 7.41. The van der Waals surface area contributed by atoms with Crippen molar-refractivity contribution in [3.8, 4) is 5.75 Å². The quantitative estimate of drug-likeness (QED) is 0.135. The van der Waals surface area contributed by atoms with Crippen molar-refractivity contribution in [3.05, 3.63) is 29.8 Å². The van der Waals surface area contributed by atoms with Gasteiger partial charge in [0.2, 0.25) is 5.91 Å². The molecule has 0 saturated heterocycles. The SMILES string of the molecule is C[C@H](CCCCCCCCNC(=O)CCC(=O)O)[C@@H](I)C(=O)c1ccccc1O. The van der Waals surface area contributed by atoms with Crippen LogP contribution in [0.15, 0.2) is 24.3 Å². The number of unbranched alkanes of at least 4 members (excludes halogenated alkanes) is 5. The van der Waals surface area contributed by atoms with E-state index in [0.717, 1.165) is 44.9 Å². The minimum absolute atomic E-state index is 0.0124. The number of Topliss-reactive ketones (excluding diaryl/α,β-unsaturated/α-hetero) is 1. The first-order chi connectivity index (χ1) is 13.8. The highest BCUT2D eigenvalue weighted by Crippen LogP contribution is 2.27. The Morgan fingerprint density at radius 1 is 1.00 bits per heavy atom. The molecule has 0 aliphatic carbocycles. The molecule has 0 unspecified atom stereocenters. The molecule has 7 heteroatoms. The van der Waals surface area contributed by atoms with Crippen molar-refractivity contribution in [1.29, 1.82) is 0 Å². The predicted octanol–water partition coefficient (Wildman–Crippen LogP) is 4.73. The van der Waals surface area contributed by atoms with E-state index in [1.807, 2.05) is 0 Å². The average Bonchev–Trinajstić information content (AvgIpc) is 2.70. The molecule has 0 aromatic heterocycles. The summed E-state index contributed by atoms with van der Waals surface area (Å²) in [6.07, 6.45) is 7.24. The summed E-state index contributed by atoms with van der Waals surface area (Å²) in [4.78, 5) is 34.3. The van der Waals surface area contributed by atoms with E-state index in [9.17, 15) is 19.5 Å². The summed E-state index contributed by atoms with van der Waals surface area (Å²) in [5.74, 6) is -0.867. The first-order valence-corrected chi connectivity index (χ1v) is 11.5. The highest BCUT2D eigenvalue weighted by atomic mass is 127. The maximum Gasteiger partial charge on any atom is 0.303 e. The van der Waals surface area contributed by atoms with Crippen molar-refractivity contribution < 1.29 is 24.6 Å². The zero-order valence-electron chi connectivity index (χ0n) is 17.0. The molecule has 6 nitrogen and oxygen atoms in total. The molecule has 162 valence electrons. The van der Waals surface area contributed by atoms with Gasteiger partial charge in [-0.2, -0.15) is 0 Å². The number of carbonyl (C=O) groups is 3. The lowest BCUT2D eigenvalue weighted by atomic mass is 9.94. The summed E-state index contributed by atoms with van der Waals surface area (Å²) in [7, 11) is 0. The monoisotopic (exact) mass is 517 g/mol. The number of carboxylic acids is 1. The van der Waals surface area contributed by atoms with Crippen molar-refractivity contribution in [2.45, 2.75) is 68.6 Å². The van der Waals surface area contributed by atoms with Gasteiger partial charge in [0.05, 0.1) is 15.9 Å². The number of ketones is 1. The number of benzene rings is 1. The van der Waals surface area contributed by atoms with E-state index >= 15 is 0 Å². The van der Waals surface area contributed by atoms with Crippen LogP contribution < -0.4 is 5.32 Å². The number of alkyl halides is 1. The summed E-state index contributed by atoms with van der Waals surface area (Å²) in [5, 5.41) is 21.1. The lowest BCUT2D eigenvalue weighted by molar-refractivity contribution is -0.138. The number of carbonyl (C=O) groups excluding carboxylic acids is 2. The molecule has 1 aromatic carbocycles. The van der Waals surface area contributed by atoms with E-state index in [1.165, 1.54) is 0 Å². The Labute approximate surface area is 186 Å². The van der Waals surface area contributed by atoms with Crippen molar-refractivity contribution in [2.24, 2.45) is 5.92 Å². The fraction of sp³-hybridized carbons (Fsp3) is 0.591. The van der Waals surface area contributed by atoms with Crippen LogP contribution in [0.4, 0.5) is 0 Å². The molecule has 3 N–H and O–H groups in total. The molecule has 29 heavy (non-hydrogen) atoms. The Hall–Kier alpha value is -1.64. The van der Waals surface area contributed by atoms with Crippen molar-refractivity contribution in [1.82, 2.24) is 5.32 Å². The van der Waals surface area contributed by atoms with E-state index < -0.39 is 5.97 Å². The third-order valence-corrected chi connectivity index (χ3v) is 6.69. The third-order valence-electron chi connectivity index (χ3n) is 4.89. The number of amides is 1. The maximum absolute atomic E-state index is 12.5. The number of nitrogens with one attached hydrogen (secondary N) is 1. The first-order valence-electron chi connectivity index (χ1n) is 10.3. The topological polar surface area (TPSA) is 104 Å². The van der Waals surface area contributed by atoms with Crippen molar-refractivity contribution in [2.75, 3.05) is 6.54 Å². The van der Waals surface area contributed by atoms with E-state index in [2.05, 4.69) is 34.8 Å². The molecule has 1 amide bonds. The Bertz CT molecular complexity index is 664. The highest BCUT2D eigenvalue weighted by molar-refractivity contribution is 14.1. The van der Waals surface area contributed by atoms with Crippen LogP contribution in [0.25, 0.3) is 0 Å². The molecule has 1 aromatic rings. The van der Waals surface area contributed by atoms with Crippen LogP contribution in [0.2, 0.25) is 0 Å². The van der Waals surface area contributed by atoms with E-state index in [4.69, 9.17) is 5.11 Å². The van der Waals surface area contributed by atoms with Gasteiger partial charge in [-0.15, -0.1) is 0 Å². The minimum atomic E-state index is -0.953. The third kappa shape index (κ3) is 10.6. The smallest absolute Gasteiger partial charge is 0.303 e. The number of halogens is 1. The molecule has 0 spiro atoms. The molecule has 0 radical (unpaired) electrons. The zero-order chi connectivity index (χ0) is 21.6. The molecular weight excluding hydrogens is 485 g/mol. The normalized spacial score (nSPS) is 12.9. The number of phenols is 1. The van der Waals surface area contributed by atoms with Gasteiger partial charge in [-0.25, -0.2) is 0 Å². The zero-order valence-corrected chi connectivity index (χ0v) is 19.2. The van der Waals surface area contributed by atoms with Crippen LogP contribution in [0.3, 0.4) is 0 Å². The summed E-state index contributed by atoms with van der Waals surface area (Å²) in [6.45, 7) is 2.68. The fourth-order valence-electron chi connectivity index (χ4n) is 3.07. The number of aliphatic carboxylic acids is 1. The Kier molecular flexibility index (Phi) is 12.6. The second-order valence-corrected chi connectivity index (χ2v) is 8.76. The largest absolute Gasteiger partial charge is 0.507 e. The van der Waals surface area contributed by atoms with Crippen LogP contribution in [-0.2, 0) is 9.59 Å². The predicted molar refractivity (Wildman–Crippen MR) is 122 cm³/mol. The van der Waals surface area contributed by atoms with Crippen molar-refractivity contribution >= 4 is 40.3 Å². The number of hydrogen-bond donors (Lipinski definition) is 3. The number of phenolic OH excluding ortho intramolecular Hbond substituents is 1. The van der Waals surface area contributed by atoms with Gasteiger partial charge in [0, 0.05) is 13.0 Å². The van der Waals surface area contributed by atoms with E-state index in [0.29, 0.717) is 12.1 Å². The Balaban J connectivity index is 2.08. The molecule has 0 bridgehead atoms. The van der Waals surface area contributed by atoms with Crippen LogP contribution in [0, 0.1) is 5.92 Å². The minimum Gasteiger partial charge on any atom is -0.507 e. The molecule has 1 rings (SSSR count). The first kappa shape index (κ1) is 25.4. The number of rotatable bonds is 15. The summed E-state index contributed by atoms with van der Waals surface area (Å²) in [6, 6.07) is 6.70. The molecule has 2 atom stereocenters. The van der Waals surface area contributed by atoms with Gasteiger partial charge in [-0.3, -0.25) is 14.4 Å². The van der Waals surface area contributed by atoms with Gasteiger partial charge in [-0.1, -0.05) is 73.8 Å². The van der Waals surface area contributed by atoms with Gasteiger partial charge < -0.3 is 15.5 Å². The van der Waals surface area contributed by atoms with Gasteiger partial charge in [0.15, 0.2) is 5.78 Å². The van der Waals surface area contributed by atoms with E-state index in [-0.39, 0.29) is 40.1 Å². The fourth-order valence-corrected chi connectivity index (χ4v) is 3.77. The molecule has 0 saturated carbocycles. The summed E-state index contributed by atoms with van der Waals surface area (Å²) < 4.78 is -0.148. The van der Waals surface area contributed by atoms with Crippen molar-refractivity contribution in [3.63, 3.8) is 0 Å². The molecule has 0 aliphatic rings. The summed E-state index contributed by atoms with van der Waals surface area (Å²) >= 11 is 2.18. The van der Waals surface area contributed by atoms with Gasteiger partial charge in [-0.05, 0) is 30.9 Å². The second kappa shape index (κ2) is 14.4. The van der Waals surface area contributed by atoms with Crippen LogP contribution in [0.5, 0.6) is 5.75 Å². The van der Waals surface area contributed by atoms with Crippen LogP contribution in [-0.4, -0.2) is 38.3 Å². The Morgan fingerprint density at radius 2 is 1.62 bits per heavy atom. The summed E-state index contributed by atoms with van der Waals surface area (Å²) in [5.41, 5.74) is 0.397. The highest BCUT2D eigenvalue weighted by Gasteiger charge is 2.24. The molecule has 0 aliphatic heterocycles. The lowest BCUT2D eigenvalue weighted by Gasteiger charge is -2.18. The molecule has 0 fully saturated rings. The average molecular weight is 517 g/mol. The Morgan fingerprint density at radius 3 is 2.28 bits per heavy atom. The van der Waals surface area contributed by atoms with Gasteiger partial charge in [0.25, 0.3) is 0 Å². The maximum atomic E-state index is 12.5. The standard InChI is InChI=1S/C22H32INO5/c1-16(21(23)22(29)17-11-7-8-12-18(17)25)10-6-4-2-3-5-9-15-24-19(26)13-14-20(27)28/h7-8,11-12,16,21,25H,2-6,9-10,13-15H2,1H3,(H,24,26)(H,27,28)/t16-,21-/m1/s1. The molecular formula is C22H32INO5. The van der Waals surface area contributed by atoms with Gasteiger partial charge in [0.1, 0.15) is 5.75 Å². The van der Waals surface area contributed by atoms with Crippen LogP contribution >= 0.6 is 22.6 Å². The number of aromatic hydroxyl groups is 1. The number of hydrogen-bond acceptors (Lipinski definition) is 4.